The SMILES string of the molecule is CCCn1nc(C(=O)NNC(=O)CSc2nnc(-c3ccco3)n2CC)c2ccccc2c1=O. The number of fused-ring (bicyclic) bond motifs is 1. The number of carbonyl (C=O) groups is 2. The van der Waals surface area contributed by atoms with Crippen molar-refractivity contribution in [1.82, 2.24) is 35.4 Å². The second-order valence-electron chi connectivity index (χ2n) is 7.24. The van der Waals surface area contributed by atoms with E-state index >= 15 is 0 Å². The number of carbonyl (C=O) groups excluding carboxylic acids is 2. The monoisotopic (exact) mass is 481 g/mol. The van der Waals surface area contributed by atoms with Crippen LogP contribution in [0.1, 0.15) is 30.8 Å². The average Bonchev–Trinajstić information content (AvgIpc) is 3.52. The molecule has 2 amide bonds. The fourth-order valence-corrected chi connectivity index (χ4v) is 4.19. The molecule has 0 aliphatic rings. The fourth-order valence-electron chi connectivity index (χ4n) is 3.39. The van der Waals surface area contributed by atoms with Crippen LogP contribution < -0.4 is 16.4 Å². The highest BCUT2D eigenvalue weighted by Crippen LogP contribution is 2.24. The van der Waals surface area contributed by atoms with Gasteiger partial charge in [0.15, 0.2) is 22.4 Å². The van der Waals surface area contributed by atoms with Crippen LogP contribution in [0.3, 0.4) is 0 Å². The number of benzene rings is 1. The number of aromatic nitrogens is 5. The Morgan fingerprint density at radius 2 is 1.85 bits per heavy atom. The molecule has 0 radical (unpaired) electrons. The van der Waals surface area contributed by atoms with Crippen molar-refractivity contribution in [2.24, 2.45) is 0 Å². The first-order valence-electron chi connectivity index (χ1n) is 10.7. The number of hydrogen-bond acceptors (Lipinski definition) is 8. The van der Waals surface area contributed by atoms with E-state index in [9.17, 15) is 14.4 Å². The lowest BCUT2D eigenvalue weighted by Gasteiger charge is -2.11. The van der Waals surface area contributed by atoms with E-state index in [4.69, 9.17) is 4.42 Å². The lowest BCUT2D eigenvalue weighted by molar-refractivity contribution is -0.119. The van der Waals surface area contributed by atoms with Gasteiger partial charge in [-0.1, -0.05) is 36.9 Å². The molecule has 2 N–H and O–H groups in total. The molecule has 34 heavy (non-hydrogen) atoms. The Balaban J connectivity index is 1.42. The molecular formula is C22H23N7O4S. The summed E-state index contributed by atoms with van der Waals surface area (Å²) in [6.45, 7) is 4.83. The van der Waals surface area contributed by atoms with Crippen LogP contribution in [0.2, 0.25) is 0 Å². The summed E-state index contributed by atoms with van der Waals surface area (Å²) in [4.78, 5) is 37.8. The molecule has 0 fully saturated rings. The molecule has 0 aliphatic heterocycles. The zero-order valence-electron chi connectivity index (χ0n) is 18.6. The van der Waals surface area contributed by atoms with E-state index in [1.54, 1.807) is 42.7 Å². The Hall–Kier alpha value is -3.93. The van der Waals surface area contributed by atoms with Gasteiger partial charge in [0, 0.05) is 18.5 Å². The summed E-state index contributed by atoms with van der Waals surface area (Å²) < 4.78 is 8.49. The van der Waals surface area contributed by atoms with Crippen molar-refractivity contribution >= 4 is 34.3 Å². The first-order valence-corrected chi connectivity index (χ1v) is 11.7. The van der Waals surface area contributed by atoms with Crippen molar-refractivity contribution in [2.75, 3.05) is 5.75 Å². The highest BCUT2D eigenvalue weighted by Gasteiger charge is 2.19. The van der Waals surface area contributed by atoms with Crippen LogP contribution in [0.25, 0.3) is 22.4 Å². The number of furan rings is 1. The van der Waals surface area contributed by atoms with Crippen molar-refractivity contribution in [2.45, 2.75) is 38.5 Å². The number of rotatable bonds is 8. The first-order chi connectivity index (χ1) is 16.5. The molecule has 0 atom stereocenters. The van der Waals surface area contributed by atoms with Crippen LogP contribution >= 0.6 is 11.8 Å². The Bertz CT molecular complexity index is 1380. The summed E-state index contributed by atoms with van der Waals surface area (Å²) in [6, 6.07) is 10.3. The molecule has 11 nitrogen and oxygen atoms in total. The molecule has 12 heteroatoms. The number of hydrazine groups is 1. The molecule has 0 saturated heterocycles. The quantitative estimate of drug-likeness (QED) is 0.289. The van der Waals surface area contributed by atoms with Gasteiger partial charge < -0.3 is 4.42 Å². The minimum Gasteiger partial charge on any atom is -0.461 e. The van der Waals surface area contributed by atoms with Crippen LogP contribution in [0.5, 0.6) is 0 Å². The Morgan fingerprint density at radius 3 is 2.56 bits per heavy atom. The lowest BCUT2D eigenvalue weighted by atomic mass is 10.1. The van der Waals surface area contributed by atoms with Gasteiger partial charge in [0.05, 0.1) is 17.4 Å². The predicted molar refractivity (Wildman–Crippen MR) is 126 cm³/mol. The molecule has 4 rings (SSSR count). The highest BCUT2D eigenvalue weighted by atomic mass is 32.2. The molecule has 0 unspecified atom stereocenters. The van der Waals surface area contributed by atoms with Crippen LogP contribution in [-0.4, -0.2) is 42.1 Å². The van der Waals surface area contributed by atoms with Gasteiger partial charge >= 0.3 is 0 Å². The average molecular weight is 482 g/mol. The second-order valence-corrected chi connectivity index (χ2v) is 8.18. The van der Waals surface area contributed by atoms with Crippen molar-refractivity contribution in [1.29, 1.82) is 0 Å². The van der Waals surface area contributed by atoms with E-state index in [-0.39, 0.29) is 17.0 Å². The molecule has 3 heterocycles. The standard InChI is InChI=1S/C22H23N7O4S/c1-3-11-29-21(32)15-9-6-5-8-14(15)18(27-29)20(31)25-23-17(30)13-34-22-26-24-19(28(22)4-2)16-10-7-12-33-16/h5-10,12H,3-4,11,13H2,1-2H3,(H,23,30)(H,25,31). The number of nitrogens with one attached hydrogen (secondary N) is 2. The number of hydrogen-bond donors (Lipinski definition) is 2. The first kappa shape index (κ1) is 23.2. The van der Waals surface area contributed by atoms with Gasteiger partial charge in [-0.3, -0.25) is 29.8 Å². The van der Waals surface area contributed by atoms with Gasteiger partial charge in [0.1, 0.15) is 0 Å². The van der Waals surface area contributed by atoms with E-state index in [1.165, 1.54) is 16.4 Å². The Morgan fingerprint density at radius 1 is 1.06 bits per heavy atom. The third kappa shape index (κ3) is 4.71. The number of amides is 2. The molecular weight excluding hydrogens is 458 g/mol. The van der Waals surface area contributed by atoms with E-state index in [2.05, 4.69) is 26.1 Å². The zero-order valence-corrected chi connectivity index (χ0v) is 19.5. The third-order valence-electron chi connectivity index (χ3n) is 4.94. The molecule has 0 aliphatic carbocycles. The molecule has 1 aromatic carbocycles. The summed E-state index contributed by atoms with van der Waals surface area (Å²) in [7, 11) is 0. The lowest BCUT2D eigenvalue weighted by Crippen LogP contribution is -2.43. The molecule has 0 spiro atoms. The van der Waals surface area contributed by atoms with Gasteiger partial charge in [0.25, 0.3) is 11.5 Å². The smallest absolute Gasteiger partial charge is 0.290 e. The van der Waals surface area contributed by atoms with E-state index < -0.39 is 11.8 Å². The molecule has 3 aromatic heterocycles. The number of thioether (sulfide) groups is 1. The summed E-state index contributed by atoms with van der Waals surface area (Å²) in [6.07, 6.45) is 2.24. The fraction of sp³-hybridized carbons (Fsp3) is 0.273. The van der Waals surface area contributed by atoms with E-state index in [1.807, 2.05) is 18.4 Å². The second kappa shape index (κ2) is 10.3. The van der Waals surface area contributed by atoms with Gasteiger partial charge in [-0.2, -0.15) is 5.10 Å². The predicted octanol–water partition coefficient (Wildman–Crippen LogP) is 2.23. The maximum atomic E-state index is 12.8. The van der Waals surface area contributed by atoms with Gasteiger partial charge in [-0.05, 0) is 31.5 Å². The Kier molecular flexibility index (Phi) is 7.07. The Labute approximate surface area is 198 Å². The summed E-state index contributed by atoms with van der Waals surface area (Å²) in [5, 5.41) is 13.9. The molecule has 176 valence electrons. The van der Waals surface area contributed by atoms with Crippen LogP contribution in [0.15, 0.2) is 57.0 Å². The van der Waals surface area contributed by atoms with Crippen molar-refractivity contribution in [3.8, 4) is 11.6 Å². The van der Waals surface area contributed by atoms with Crippen molar-refractivity contribution < 1.29 is 14.0 Å². The maximum Gasteiger partial charge on any atom is 0.290 e. The highest BCUT2D eigenvalue weighted by molar-refractivity contribution is 7.99. The van der Waals surface area contributed by atoms with Crippen molar-refractivity contribution in [3.05, 3.63) is 58.7 Å². The zero-order chi connectivity index (χ0) is 24.1. The van der Waals surface area contributed by atoms with Gasteiger partial charge in [-0.15, -0.1) is 10.2 Å². The summed E-state index contributed by atoms with van der Waals surface area (Å²) >= 11 is 1.18. The van der Waals surface area contributed by atoms with Crippen LogP contribution in [-0.2, 0) is 17.9 Å². The molecule has 0 saturated carbocycles. The maximum absolute atomic E-state index is 12.8. The topological polar surface area (TPSA) is 137 Å². The summed E-state index contributed by atoms with van der Waals surface area (Å²) in [5.41, 5.74) is 4.58. The minimum absolute atomic E-state index is 0.0000763. The summed E-state index contributed by atoms with van der Waals surface area (Å²) in [5.74, 6) is 0.108. The third-order valence-corrected chi connectivity index (χ3v) is 5.91. The largest absolute Gasteiger partial charge is 0.461 e. The number of nitrogens with zero attached hydrogens (tertiary/aromatic N) is 5. The van der Waals surface area contributed by atoms with E-state index in [0.29, 0.717) is 47.0 Å². The minimum atomic E-state index is -0.615. The van der Waals surface area contributed by atoms with Crippen molar-refractivity contribution in [3.63, 3.8) is 0 Å². The molecule has 0 bridgehead atoms. The number of aryl methyl sites for hydroxylation is 1. The van der Waals surface area contributed by atoms with Crippen LogP contribution in [0, 0.1) is 0 Å². The van der Waals surface area contributed by atoms with Crippen LogP contribution in [0.4, 0.5) is 0 Å². The normalized spacial score (nSPS) is 11.0. The van der Waals surface area contributed by atoms with E-state index in [0.717, 1.165) is 0 Å². The van der Waals surface area contributed by atoms with Gasteiger partial charge in [0.2, 0.25) is 5.91 Å². The van der Waals surface area contributed by atoms with Gasteiger partial charge in [-0.25, -0.2) is 4.68 Å². The molecule has 4 aromatic rings.